The molecule has 10 heteroatoms. The fourth-order valence-electron chi connectivity index (χ4n) is 3.52. The Balaban J connectivity index is 1.33. The lowest BCUT2D eigenvalue weighted by Gasteiger charge is -2.35. The van der Waals surface area contributed by atoms with Crippen LogP contribution in [-0.4, -0.2) is 73.2 Å². The van der Waals surface area contributed by atoms with Crippen LogP contribution in [0.2, 0.25) is 0 Å². The van der Waals surface area contributed by atoms with Crippen LogP contribution in [0.1, 0.15) is 17.5 Å². The van der Waals surface area contributed by atoms with Crippen LogP contribution in [0.4, 0.5) is 16.3 Å². The monoisotopic (exact) mass is 413 g/mol. The van der Waals surface area contributed by atoms with E-state index in [1.54, 1.807) is 23.2 Å². The van der Waals surface area contributed by atoms with E-state index < -0.39 is 6.09 Å². The van der Waals surface area contributed by atoms with E-state index in [9.17, 15) is 14.4 Å². The van der Waals surface area contributed by atoms with E-state index in [1.807, 2.05) is 12.1 Å². The molecule has 0 saturated carbocycles. The third kappa shape index (κ3) is 4.22. The highest BCUT2D eigenvalue weighted by atomic mass is 16.6. The molecule has 4 rings (SSSR count). The predicted octanol–water partition coefficient (Wildman–Crippen LogP) is 1.10. The molecule has 0 bridgehead atoms. The SMILES string of the molecule is CC(=O)NCC1CN(c2ccc(N3CCN(C(=O)c4ccco4)CC3)nc2)C(=O)O1. The van der Waals surface area contributed by atoms with Gasteiger partial charge in [-0.15, -0.1) is 0 Å². The minimum Gasteiger partial charge on any atom is -0.459 e. The van der Waals surface area contributed by atoms with Crippen molar-refractivity contribution in [3.8, 4) is 0 Å². The second-order valence-corrected chi connectivity index (χ2v) is 7.18. The van der Waals surface area contributed by atoms with Gasteiger partial charge in [-0.05, 0) is 24.3 Å². The lowest BCUT2D eigenvalue weighted by molar-refractivity contribution is -0.119. The van der Waals surface area contributed by atoms with Crippen LogP contribution in [0.3, 0.4) is 0 Å². The first-order chi connectivity index (χ1) is 14.5. The third-order valence-corrected chi connectivity index (χ3v) is 5.12. The molecule has 3 amide bonds. The molecule has 10 nitrogen and oxygen atoms in total. The smallest absolute Gasteiger partial charge is 0.414 e. The molecule has 158 valence electrons. The number of nitrogens with one attached hydrogen (secondary N) is 1. The molecule has 0 aromatic carbocycles. The van der Waals surface area contributed by atoms with Gasteiger partial charge in [0.2, 0.25) is 5.91 Å². The Labute approximate surface area is 173 Å². The summed E-state index contributed by atoms with van der Waals surface area (Å²) >= 11 is 0. The summed E-state index contributed by atoms with van der Waals surface area (Å²) < 4.78 is 10.5. The average Bonchev–Trinajstić information content (AvgIpc) is 3.42. The van der Waals surface area contributed by atoms with E-state index in [1.165, 1.54) is 18.1 Å². The number of cyclic esters (lactones) is 1. The van der Waals surface area contributed by atoms with Crippen LogP contribution in [0.15, 0.2) is 41.1 Å². The van der Waals surface area contributed by atoms with E-state index in [-0.39, 0.29) is 24.5 Å². The number of furan rings is 1. The minimum absolute atomic E-state index is 0.107. The van der Waals surface area contributed by atoms with Gasteiger partial charge >= 0.3 is 6.09 Å². The maximum atomic E-state index is 12.4. The molecule has 2 aliphatic rings. The van der Waals surface area contributed by atoms with Gasteiger partial charge in [-0.3, -0.25) is 14.5 Å². The average molecular weight is 413 g/mol. The standard InChI is InChI=1S/C20H23N5O5/c1-14(26)21-12-16-13-25(20(28)30-16)15-4-5-18(22-11-15)23-6-8-24(9-7-23)19(27)17-3-2-10-29-17/h2-5,10-11,16H,6-9,12-13H2,1H3,(H,21,26). The van der Waals surface area contributed by atoms with E-state index in [2.05, 4.69) is 15.2 Å². The summed E-state index contributed by atoms with van der Waals surface area (Å²) in [6.45, 7) is 4.52. The van der Waals surface area contributed by atoms with Crippen molar-refractivity contribution in [2.75, 3.05) is 49.1 Å². The van der Waals surface area contributed by atoms with E-state index >= 15 is 0 Å². The van der Waals surface area contributed by atoms with Crippen LogP contribution >= 0.6 is 0 Å². The summed E-state index contributed by atoms with van der Waals surface area (Å²) in [5.74, 6) is 0.859. The number of carbonyl (C=O) groups is 3. The van der Waals surface area contributed by atoms with Crippen molar-refractivity contribution < 1.29 is 23.5 Å². The lowest BCUT2D eigenvalue weighted by atomic mass is 10.2. The fourth-order valence-corrected chi connectivity index (χ4v) is 3.52. The molecule has 2 aromatic heterocycles. The molecule has 1 N–H and O–H groups in total. The Morgan fingerprint density at radius 2 is 2.00 bits per heavy atom. The van der Waals surface area contributed by atoms with Crippen molar-refractivity contribution in [1.29, 1.82) is 0 Å². The van der Waals surface area contributed by atoms with Crippen LogP contribution in [0.25, 0.3) is 0 Å². The van der Waals surface area contributed by atoms with Gasteiger partial charge in [0.15, 0.2) is 5.76 Å². The maximum absolute atomic E-state index is 12.4. The number of ether oxygens (including phenoxy) is 1. The molecule has 4 heterocycles. The van der Waals surface area contributed by atoms with Crippen LogP contribution in [0.5, 0.6) is 0 Å². The second kappa shape index (κ2) is 8.44. The number of hydrogen-bond donors (Lipinski definition) is 1. The number of aromatic nitrogens is 1. The normalized spacial score (nSPS) is 19.0. The molecule has 2 saturated heterocycles. The quantitative estimate of drug-likeness (QED) is 0.782. The molecular weight excluding hydrogens is 390 g/mol. The summed E-state index contributed by atoms with van der Waals surface area (Å²) in [5.41, 5.74) is 0.640. The first-order valence-electron chi connectivity index (χ1n) is 9.77. The van der Waals surface area contributed by atoms with Gasteiger partial charge in [-0.2, -0.15) is 0 Å². The zero-order valence-corrected chi connectivity index (χ0v) is 16.6. The first-order valence-corrected chi connectivity index (χ1v) is 9.77. The van der Waals surface area contributed by atoms with Crippen LogP contribution in [-0.2, 0) is 9.53 Å². The summed E-state index contributed by atoms with van der Waals surface area (Å²) in [6, 6.07) is 7.05. The van der Waals surface area contributed by atoms with Gasteiger partial charge in [0, 0.05) is 33.1 Å². The number of anilines is 2. The first kappa shape index (κ1) is 19.7. The van der Waals surface area contributed by atoms with Gasteiger partial charge in [-0.25, -0.2) is 9.78 Å². The van der Waals surface area contributed by atoms with Crippen molar-refractivity contribution in [2.24, 2.45) is 0 Å². The molecule has 0 aliphatic carbocycles. The highest BCUT2D eigenvalue weighted by Crippen LogP contribution is 2.23. The molecular formula is C20H23N5O5. The Morgan fingerprint density at radius 1 is 1.20 bits per heavy atom. The molecule has 2 fully saturated rings. The topological polar surface area (TPSA) is 108 Å². The summed E-state index contributed by atoms with van der Waals surface area (Å²) in [4.78, 5) is 45.4. The molecule has 2 aliphatic heterocycles. The van der Waals surface area contributed by atoms with Gasteiger partial charge in [0.05, 0.1) is 31.2 Å². The fraction of sp³-hybridized carbons (Fsp3) is 0.400. The second-order valence-electron chi connectivity index (χ2n) is 7.18. The van der Waals surface area contributed by atoms with Gasteiger partial charge < -0.3 is 24.3 Å². The number of nitrogens with zero attached hydrogens (tertiary/aromatic N) is 4. The Kier molecular flexibility index (Phi) is 5.55. The van der Waals surface area contributed by atoms with Crippen LogP contribution < -0.4 is 15.1 Å². The Bertz CT molecular complexity index is 906. The summed E-state index contributed by atoms with van der Waals surface area (Å²) in [5, 5.41) is 2.65. The van der Waals surface area contributed by atoms with Crippen molar-refractivity contribution in [1.82, 2.24) is 15.2 Å². The van der Waals surface area contributed by atoms with Crippen molar-refractivity contribution in [3.05, 3.63) is 42.5 Å². The largest absolute Gasteiger partial charge is 0.459 e. The number of carbonyl (C=O) groups excluding carboxylic acids is 3. The molecule has 0 radical (unpaired) electrons. The molecule has 0 spiro atoms. The van der Waals surface area contributed by atoms with Crippen LogP contribution in [0, 0.1) is 0 Å². The summed E-state index contributed by atoms with van der Waals surface area (Å²) in [6.07, 6.45) is 2.29. The third-order valence-electron chi connectivity index (χ3n) is 5.12. The highest BCUT2D eigenvalue weighted by Gasteiger charge is 2.32. The number of rotatable bonds is 5. The minimum atomic E-state index is -0.454. The van der Waals surface area contributed by atoms with Crippen molar-refractivity contribution in [2.45, 2.75) is 13.0 Å². The van der Waals surface area contributed by atoms with E-state index in [4.69, 9.17) is 9.15 Å². The number of pyridine rings is 1. The number of amides is 3. The molecule has 1 atom stereocenters. The number of piperazine rings is 1. The molecule has 2 aromatic rings. The Hall–Kier alpha value is -3.56. The highest BCUT2D eigenvalue weighted by molar-refractivity contribution is 5.91. The van der Waals surface area contributed by atoms with Gasteiger partial charge in [0.1, 0.15) is 11.9 Å². The maximum Gasteiger partial charge on any atom is 0.414 e. The summed E-state index contributed by atoms with van der Waals surface area (Å²) in [7, 11) is 0. The number of hydrogen-bond acceptors (Lipinski definition) is 7. The van der Waals surface area contributed by atoms with E-state index in [0.717, 1.165) is 5.82 Å². The predicted molar refractivity (Wildman–Crippen MR) is 107 cm³/mol. The zero-order chi connectivity index (χ0) is 21.1. The van der Waals surface area contributed by atoms with E-state index in [0.29, 0.717) is 44.2 Å². The molecule has 1 unspecified atom stereocenters. The molecule has 30 heavy (non-hydrogen) atoms. The van der Waals surface area contributed by atoms with Crippen molar-refractivity contribution in [3.63, 3.8) is 0 Å². The van der Waals surface area contributed by atoms with Gasteiger partial charge in [0.25, 0.3) is 5.91 Å². The van der Waals surface area contributed by atoms with Crippen molar-refractivity contribution >= 4 is 29.4 Å². The Morgan fingerprint density at radius 3 is 2.63 bits per heavy atom. The zero-order valence-electron chi connectivity index (χ0n) is 16.6. The van der Waals surface area contributed by atoms with Gasteiger partial charge in [-0.1, -0.05) is 0 Å². The lowest BCUT2D eigenvalue weighted by Crippen LogP contribution is -2.49.